The predicted molar refractivity (Wildman–Crippen MR) is 84.0 cm³/mol. The smallest absolute Gasteiger partial charge is 0.234 e. The maximum absolute atomic E-state index is 12.3. The summed E-state index contributed by atoms with van der Waals surface area (Å²) >= 11 is 0. The van der Waals surface area contributed by atoms with Gasteiger partial charge in [-0.05, 0) is 44.3 Å². The summed E-state index contributed by atoms with van der Waals surface area (Å²) in [5, 5.41) is 6.58. The van der Waals surface area contributed by atoms with Crippen molar-refractivity contribution in [2.45, 2.75) is 31.8 Å². The van der Waals surface area contributed by atoms with Crippen LogP contribution in [0.1, 0.15) is 31.4 Å². The maximum atomic E-state index is 12.3. The quantitative estimate of drug-likeness (QED) is 0.883. The molecule has 2 fully saturated rings. The second kappa shape index (κ2) is 6.58. The van der Waals surface area contributed by atoms with Gasteiger partial charge in [0, 0.05) is 12.6 Å². The molecule has 1 amide bonds. The van der Waals surface area contributed by atoms with E-state index in [-0.39, 0.29) is 11.9 Å². The van der Waals surface area contributed by atoms with Crippen molar-refractivity contribution in [2.75, 3.05) is 26.2 Å². The number of rotatable bonds is 4. The third-order valence-corrected chi connectivity index (χ3v) is 4.82. The molecule has 2 heterocycles. The first kappa shape index (κ1) is 14.5. The number of amides is 1. The van der Waals surface area contributed by atoms with E-state index in [0.717, 1.165) is 31.1 Å². The van der Waals surface area contributed by atoms with Gasteiger partial charge in [-0.2, -0.15) is 0 Å². The second-order valence-electron chi connectivity index (χ2n) is 6.30. The third kappa shape index (κ3) is 3.44. The van der Waals surface area contributed by atoms with Gasteiger partial charge in [-0.3, -0.25) is 9.69 Å². The van der Waals surface area contributed by atoms with E-state index in [4.69, 9.17) is 0 Å². The summed E-state index contributed by atoms with van der Waals surface area (Å²) in [6, 6.07) is 10.8. The fourth-order valence-electron chi connectivity index (χ4n) is 3.66. The van der Waals surface area contributed by atoms with Gasteiger partial charge in [-0.25, -0.2) is 0 Å². The van der Waals surface area contributed by atoms with E-state index in [1.54, 1.807) is 0 Å². The lowest BCUT2D eigenvalue weighted by Crippen LogP contribution is -2.49. The average molecular weight is 287 g/mol. The number of carbonyl (C=O) groups excluding carboxylic acids is 1. The highest BCUT2D eigenvalue weighted by Gasteiger charge is 2.35. The monoisotopic (exact) mass is 287 g/mol. The molecule has 1 aromatic rings. The number of piperidine rings is 1. The Morgan fingerprint density at radius 1 is 1.38 bits per heavy atom. The Kier molecular flexibility index (Phi) is 4.56. The van der Waals surface area contributed by atoms with Gasteiger partial charge < -0.3 is 10.6 Å². The van der Waals surface area contributed by atoms with Crippen molar-refractivity contribution in [1.82, 2.24) is 15.5 Å². The summed E-state index contributed by atoms with van der Waals surface area (Å²) in [5.41, 5.74) is 1.16. The molecule has 4 heteroatoms. The molecular weight excluding hydrogens is 262 g/mol. The molecule has 2 saturated heterocycles. The molecule has 3 unspecified atom stereocenters. The van der Waals surface area contributed by atoms with Crippen LogP contribution in [-0.4, -0.2) is 43.0 Å². The van der Waals surface area contributed by atoms with E-state index in [9.17, 15) is 4.79 Å². The number of hydrogen-bond acceptors (Lipinski definition) is 3. The minimum Gasteiger partial charge on any atom is -0.348 e. The van der Waals surface area contributed by atoms with Crippen LogP contribution in [-0.2, 0) is 4.79 Å². The van der Waals surface area contributed by atoms with Crippen LogP contribution in [0.4, 0.5) is 0 Å². The van der Waals surface area contributed by atoms with E-state index in [1.165, 1.54) is 12.8 Å². The molecule has 3 atom stereocenters. The van der Waals surface area contributed by atoms with Gasteiger partial charge in [0.2, 0.25) is 5.91 Å². The van der Waals surface area contributed by atoms with Gasteiger partial charge in [-0.15, -0.1) is 0 Å². The lowest BCUT2D eigenvalue weighted by molar-refractivity contribution is -0.124. The molecule has 114 valence electrons. The molecular formula is C17H25N3O. The van der Waals surface area contributed by atoms with E-state index in [2.05, 4.69) is 27.7 Å². The molecule has 0 aromatic heterocycles. The Morgan fingerprint density at radius 2 is 2.19 bits per heavy atom. The zero-order valence-electron chi connectivity index (χ0n) is 12.7. The number of fused-ring (bicyclic) bond motifs is 1. The molecule has 0 aliphatic carbocycles. The van der Waals surface area contributed by atoms with Gasteiger partial charge in [0.25, 0.3) is 0 Å². The number of nitrogens with zero attached hydrogens (tertiary/aromatic N) is 1. The van der Waals surface area contributed by atoms with E-state index >= 15 is 0 Å². The first-order valence-corrected chi connectivity index (χ1v) is 8.03. The van der Waals surface area contributed by atoms with Crippen LogP contribution in [0.15, 0.2) is 30.3 Å². The first-order chi connectivity index (χ1) is 10.2. The summed E-state index contributed by atoms with van der Waals surface area (Å²) in [6.45, 7) is 5.77. The average Bonchev–Trinajstić information content (AvgIpc) is 2.97. The molecule has 3 rings (SSSR count). The molecule has 0 saturated carbocycles. The lowest BCUT2D eigenvalue weighted by Gasteiger charge is -2.36. The van der Waals surface area contributed by atoms with Gasteiger partial charge in [0.1, 0.15) is 0 Å². The summed E-state index contributed by atoms with van der Waals surface area (Å²) < 4.78 is 0. The van der Waals surface area contributed by atoms with Crippen LogP contribution in [0.3, 0.4) is 0 Å². The standard InChI is InChI=1S/C17H25N3O/c1-13(14-6-3-2-4-7-14)19-17(21)12-20-9-5-8-15-10-18-11-16(15)20/h2-4,6-7,13,15-16,18H,5,8-12H2,1H3,(H,19,21). The molecule has 2 aliphatic rings. The maximum Gasteiger partial charge on any atom is 0.234 e. The molecule has 21 heavy (non-hydrogen) atoms. The van der Waals surface area contributed by atoms with Crippen LogP contribution in [0.5, 0.6) is 0 Å². The van der Waals surface area contributed by atoms with Crippen LogP contribution >= 0.6 is 0 Å². The highest BCUT2D eigenvalue weighted by atomic mass is 16.2. The highest BCUT2D eigenvalue weighted by molar-refractivity contribution is 5.78. The molecule has 2 N–H and O–H groups in total. The summed E-state index contributed by atoms with van der Waals surface area (Å²) in [5.74, 6) is 0.872. The van der Waals surface area contributed by atoms with E-state index < -0.39 is 0 Å². The second-order valence-corrected chi connectivity index (χ2v) is 6.30. The third-order valence-electron chi connectivity index (χ3n) is 4.82. The summed E-state index contributed by atoms with van der Waals surface area (Å²) in [4.78, 5) is 14.7. The minimum atomic E-state index is 0.0704. The van der Waals surface area contributed by atoms with Gasteiger partial charge in [0.05, 0.1) is 12.6 Å². The van der Waals surface area contributed by atoms with Crippen molar-refractivity contribution in [3.05, 3.63) is 35.9 Å². The van der Waals surface area contributed by atoms with Crippen LogP contribution < -0.4 is 10.6 Å². The van der Waals surface area contributed by atoms with Crippen LogP contribution in [0.25, 0.3) is 0 Å². The fraction of sp³-hybridized carbons (Fsp3) is 0.588. The highest BCUT2D eigenvalue weighted by Crippen LogP contribution is 2.26. The number of benzene rings is 1. The van der Waals surface area contributed by atoms with E-state index in [1.807, 2.05) is 25.1 Å². The Morgan fingerprint density at radius 3 is 3.00 bits per heavy atom. The SMILES string of the molecule is CC(NC(=O)CN1CCCC2CNCC21)c1ccccc1. The molecule has 0 spiro atoms. The van der Waals surface area contributed by atoms with Crippen molar-refractivity contribution >= 4 is 5.91 Å². The number of nitrogens with one attached hydrogen (secondary N) is 2. The minimum absolute atomic E-state index is 0.0704. The molecule has 0 bridgehead atoms. The normalized spacial score (nSPS) is 27.1. The zero-order valence-corrected chi connectivity index (χ0v) is 12.7. The van der Waals surface area contributed by atoms with E-state index in [0.29, 0.717) is 12.6 Å². The predicted octanol–water partition coefficient (Wildman–Crippen LogP) is 1.55. The van der Waals surface area contributed by atoms with Gasteiger partial charge >= 0.3 is 0 Å². The number of carbonyl (C=O) groups is 1. The molecule has 1 aromatic carbocycles. The van der Waals surface area contributed by atoms with Crippen molar-refractivity contribution in [1.29, 1.82) is 0 Å². The molecule has 2 aliphatic heterocycles. The van der Waals surface area contributed by atoms with Gasteiger partial charge in [0.15, 0.2) is 0 Å². The Hall–Kier alpha value is -1.39. The Balaban J connectivity index is 1.54. The molecule has 0 radical (unpaired) electrons. The van der Waals surface area contributed by atoms with Crippen molar-refractivity contribution < 1.29 is 4.79 Å². The van der Waals surface area contributed by atoms with Crippen LogP contribution in [0.2, 0.25) is 0 Å². The number of likely N-dealkylation sites (tertiary alicyclic amines) is 1. The largest absolute Gasteiger partial charge is 0.348 e. The fourth-order valence-corrected chi connectivity index (χ4v) is 3.66. The first-order valence-electron chi connectivity index (χ1n) is 8.03. The summed E-state index contributed by atoms with van der Waals surface area (Å²) in [7, 11) is 0. The summed E-state index contributed by atoms with van der Waals surface area (Å²) in [6.07, 6.45) is 2.51. The zero-order chi connectivity index (χ0) is 14.7. The van der Waals surface area contributed by atoms with Crippen molar-refractivity contribution in [3.63, 3.8) is 0 Å². The van der Waals surface area contributed by atoms with Crippen molar-refractivity contribution in [3.8, 4) is 0 Å². The van der Waals surface area contributed by atoms with Crippen LogP contribution in [0, 0.1) is 5.92 Å². The molecule has 4 nitrogen and oxygen atoms in total. The Labute approximate surface area is 126 Å². The number of hydrogen-bond donors (Lipinski definition) is 2. The lowest BCUT2D eigenvalue weighted by atomic mass is 9.92. The topological polar surface area (TPSA) is 44.4 Å². The van der Waals surface area contributed by atoms with Gasteiger partial charge in [-0.1, -0.05) is 30.3 Å². The van der Waals surface area contributed by atoms with Crippen molar-refractivity contribution in [2.24, 2.45) is 5.92 Å². The Bertz CT molecular complexity index is 476.